The summed E-state index contributed by atoms with van der Waals surface area (Å²) in [5.74, 6) is -5.24. The molecule has 0 heterocycles. The first-order valence-electron chi connectivity index (χ1n) is 5.52. The molecule has 0 saturated heterocycles. The van der Waals surface area contributed by atoms with Crippen molar-refractivity contribution >= 4 is 21.8 Å². The van der Waals surface area contributed by atoms with E-state index in [1.807, 2.05) is 0 Å². The van der Waals surface area contributed by atoms with E-state index in [1.54, 1.807) is 7.11 Å². The summed E-state index contributed by atoms with van der Waals surface area (Å²) in [4.78, 5) is 11.6. The van der Waals surface area contributed by atoms with Crippen LogP contribution in [0.2, 0.25) is 0 Å². The van der Waals surface area contributed by atoms with Gasteiger partial charge in [-0.15, -0.1) is 0 Å². The summed E-state index contributed by atoms with van der Waals surface area (Å²) in [6.45, 7) is 0.728. The number of rotatable bonds is 6. The van der Waals surface area contributed by atoms with Crippen molar-refractivity contribution in [3.05, 3.63) is 35.1 Å². The average molecular weight is 340 g/mol. The molecule has 0 aliphatic carbocycles. The Hall–Kier alpha value is -1.08. The van der Waals surface area contributed by atoms with Crippen LogP contribution in [0.4, 0.5) is 13.2 Å². The minimum atomic E-state index is -1.65. The maximum absolute atomic E-state index is 13.3. The number of hydrogen-bond acceptors (Lipinski definition) is 2. The van der Waals surface area contributed by atoms with Crippen LogP contribution in [0.15, 0.2) is 12.1 Å². The van der Waals surface area contributed by atoms with Gasteiger partial charge in [0.25, 0.3) is 5.91 Å². The van der Waals surface area contributed by atoms with Gasteiger partial charge in [0.1, 0.15) is 0 Å². The third kappa shape index (κ3) is 4.50. The quantitative estimate of drug-likeness (QED) is 0.639. The maximum Gasteiger partial charge on any atom is 0.254 e. The highest BCUT2D eigenvalue weighted by molar-refractivity contribution is 9.09. The molecule has 0 bridgehead atoms. The van der Waals surface area contributed by atoms with Gasteiger partial charge in [-0.05, 0) is 18.6 Å². The number of carbonyl (C=O) groups is 1. The Kier molecular flexibility index (Phi) is 6.30. The van der Waals surface area contributed by atoms with Crippen molar-refractivity contribution in [3.8, 4) is 0 Å². The van der Waals surface area contributed by atoms with Crippen LogP contribution in [0.1, 0.15) is 16.8 Å². The Morgan fingerprint density at radius 2 is 2.05 bits per heavy atom. The van der Waals surface area contributed by atoms with Gasteiger partial charge in [0.05, 0.1) is 12.2 Å². The van der Waals surface area contributed by atoms with Crippen LogP contribution in [0.3, 0.4) is 0 Å². The number of hydrogen-bond donors (Lipinski definition) is 1. The number of methoxy groups -OCH3 is 1. The molecule has 1 amide bonds. The van der Waals surface area contributed by atoms with Crippen molar-refractivity contribution in [2.24, 2.45) is 0 Å². The minimum Gasteiger partial charge on any atom is -0.384 e. The van der Waals surface area contributed by atoms with E-state index in [2.05, 4.69) is 21.2 Å². The number of amides is 1. The summed E-state index contributed by atoms with van der Waals surface area (Å²) >= 11 is 3.32. The lowest BCUT2D eigenvalue weighted by Crippen LogP contribution is -2.28. The van der Waals surface area contributed by atoms with Crippen LogP contribution in [-0.2, 0) is 4.74 Å². The van der Waals surface area contributed by atoms with Crippen LogP contribution >= 0.6 is 15.9 Å². The zero-order chi connectivity index (χ0) is 14.4. The summed E-state index contributed by atoms with van der Waals surface area (Å²) in [5, 5.41) is 2.42. The Bertz CT molecular complexity index is 457. The highest BCUT2D eigenvalue weighted by atomic mass is 79.9. The van der Waals surface area contributed by atoms with Gasteiger partial charge in [0.2, 0.25) is 0 Å². The first kappa shape index (κ1) is 16.0. The molecule has 1 aromatic carbocycles. The molecule has 0 saturated carbocycles. The summed E-state index contributed by atoms with van der Waals surface area (Å²) < 4.78 is 43.8. The van der Waals surface area contributed by atoms with Gasteiger partial charge in [-0.2, -0.15) is 0 Å². The van der Waals surface area contributed by atoms with Crippen LogP contribution in [0.25, 0.3) is 0 Å². The summed E-state index contributed by atoms with van der Waals surface area (Å²) in [7, 11) is 1.55. The van der Waals surface area contributed by atoms with Crippen molar-refractivity contribution in [1.29, 1.82) is 0 Å². The van der Waals surface area contributed by atoms with Gasteiger partial charge in [-0.25, -0.2) is 13.2 Å². The number of benzene rings is 1. The van der Waals surface area contributed by atoms with Crippen molar-refractivity contribution in [3.63, 3.8) is 0 Å². The largest absolute Gasteiger partial charge is 0.384 e. The highest BCUT2D eigenvalue weighted by Crippen LogP contribution is 2.15. The van der Waals surface area contributed by atoms with Gasteiger partial charge in [0, 0.05) is 18.5 Å². The summed E-state index contributed by atoms with van der Waals surface area (Å²) in [6.07, 6.45) is 0.560. The third-order valence-corrected chi connectivity index (χ3v) is 3.09. The van der Waals surface area contributed by atoms with Crippen LogP contribution < -0.4 is 5.32 Å². The molecular formula is C12H13BrF3NO2. The van der Waals surface area contributed by atoms with Crippen molar-refractivity contribution in [2.75, 3.05) is 20.3 Å². The lowest BCUT2D eigenvalue weighted by atomic mass is 10.2. The lowest BCUT2D eigenvalue weighted by Gasteiger charge is -2.10. The number of alkyl halides is 1. The molecule has 7 heteroatoms. The monoisotopic (exact) mass is 339 g/mol. The van der Waals surface area contributed by atoms with E-state index >= 15 is 0 Å². The predicted octanol–water partition coefficient (Wildman–Crippen LogP) is 2.63. The van der Waals surface area contributed by atoms with E-state index in [4.69, 9.17) is 4.74 Å². The molecule has 0 fully saturated rings. The second kappa shape index (κ2) is 7.49. The van der Waals surface area contributed by atoms with Gasteiger partial charge in [-0.1, -0.05) is 15.9 Å². The molecular weight excluding hydrogens is 327 g/mol. The molecule has 0 spiro atoms. The molecule has 0 aliphatic rings. The van der Waals surface area contributed by atoms with Crippen molar-refractivity contribution in [2.45, 2.75) is 11.2 Å². The fourth-order valence-corrected chi connectivity index (χ4v) is 1.90. The first-order valence-corrected chi connectivity index (χ1v) is 6.43. The second-order valence-corrected chi connectivity index (χ2v) is 5.12. The summed E-state index contributed by atoms with van der Waals surface area (Å²) in [6, 6.07) is 1.62. The third-order valence-electron chi connectivity index (χ3n) is 2.37. The summed E-state index contributed by atoms with van der Waals surface area (Å²) in [5.41, 5.74) is -0.517. The second-order valence-electron chi connectivity index (χ2n) is 3.82. The number of halogens is 4. The first-order chi connectivity index (χ1) is 8.97. The number of carbonyl (C=O) groups excluding carboxylic acids is 1. The Balaban J connectivity index is 2.57. The van der Waals surface area contributed by atoms with Crippen molar-refractivity contribution in [1.82, 2.24) is 5.32 Å². The van der Waals surface area contributed by atoms with Crippen LogP contribution in [0, 0.1) is 17.5 Å². The van der Waals surface area contributed by atoms with Gasteiger partial charge in [-0.3, -0.25) is 4.79 Å². The van der Waals surface area contributed by atoms with E-state index < -0.39 is 28.9 Å². The molecule has 1 aromatic rings. The molecule has 0 aliphatic heterocycles. The molecule has 3 nitrogen and oxygen atoms in total. The fourth-order valence-electron chi connectivity index (χ4n) is 1.40. The van der Waals surface area contributed by atoms with E-state index in [1.165, 1.54) is 0 Å². The molecule has 1 rings (SSSR count). The molecule has 1 unspecified atom stereocenters. The molecule has 106 valence electrons. The molecule has 0 aromatic heterocycles. The van der Waals surface area contributed by atoms with E-state index in [-0.39, 0.29) is 11.4 Å². The van der Waals surface area contributed by atoms with Crippen LogP contribution in [-0.4, -0.2) is 31.0 Å². The molecule has 0 radical (unpaired) electrons. The minimum absolute atomic E-state index is 0.0487. The van der Waals surface area contributed by atoms with Crippen LogP contribution in [0.5, 0.6) is 0 Å². The predicted molar refractivity (Wildman–Crippen MR) is 67.9 cm³/mol. The van der Waals surface area contributed by atoms with E-state index in [9.17, 15) is 18.0 Å². The Morgan fingerprint density at radius 1 is 1.37 bits per heavy atom. The topological polar surface area (TPSA) is 38.3 Å². The fraction of sp³-hybridized carbons (Fsp3) is 0.417. The number of ether oxygens (including phenoxy) is 1. The molecule has 1 N–H and O–H groups in total. The molecule has 19 heavy (non-hydrogen) atoms. The van der Waals surface area contributed by atoms with Gasteiger partial charge in [0.15, 0.2) is 17.5 Å². The number of nitrogens with one attached hydrogen (secondary N) is 1. The van der Waals surface area contributed by atoms with E-state index in [0.717, 1.165) is 6.07 Å². The zero-order valence-electron chi connectivity index (χ0n) is 10.2. The Morgan fingerprint density at radius 3 is 2.68 bits per heavy atom. The molecule has 1 atom stereocenters. The maximum atomic E-state index is 13.3. The highest BCUT2D eigenvalue weighted by Gasteiger charge is 2.18. The SMILES string of the molecule is COCC(Br)CCNC(=O)c1ccc(F)c(F)c1F. The van der Waals surface area contributed by atoms with Gasteiger partial charge < -0.3 is 10.1 Å². The van der Waals surface area contributed by atoms with E-state index in [0.29, 0.717) is 19.1 Å². The normalized spacial score (nSPS) is 12.3. The Labute approximate surface area is 117 Å². The smallest absolute Gasteiger partial charge is 0.254 e. The average Bonchev–Trinajstić information content (AvgIpc) is 2.36. The van der Waals surface area contributed by atoms with Crippen molar-refractivity contribution < 1.29 is 22.7 Å². The standard InChI is InChI=1S/C12H13BrF3NO2/c1-19-6-7(13)4-5-17-12(18)8-2-3-9(14)11(16)10(8)15/h2-3,7H,4-6H2,1H3,(H,17,18). The lowest BCUT2D eigenvalue weighted by molar-refractivity contribution is 0.0946. The zero-order valence-corrected chi connectivity index (χ0v) is 11.8. The van der Waals surface area contributed by atoms with Gasteiger partial charge >= 0.3 is 0 Å².